The number of aryl methyl sites for hydroxylation is 1. The summed E-state index contributed by atoms with van der Waals surface area (Å²) in [5.41, 5.74) is 0.851. The monoisotopic (exact) mass is 290 g/mol. The van der Waals surface area contributed by atoms with E-state index < -0.39 is 5.60 Å². The first kappa shape index (κ1) is 15.8. The summed E-state index contributed by atoms with van der Waals surface area (Å²) in [5.74, 6) is 0. The maximum absolute atomic E-state index is 12.3. The Morgan fingerprint density at radius 2 is 2.05 bits per heavy atom. The zero-order valence-corrected chi connectivity index (χ0v) is 13.3. The molecule has 0 aromatic carbocycles. The summed E-state index contributed by atoms with van der Waals surface area (Å²) < 4.78 is 5.54. The van der Waals surface area contributed by atoms with E-state index in [4.69, 9.17) is 4.74 Å². The fraction of sp³-hybridized carbons (Fsp3) is 0.647. The fourth-order valence-corrected chi connectivity index (χ4v) is 2.74. The van der Waals surface area contributed by atoms with Crippen LogP contribution in [0.5, 0.6) is 0 Å². The number of amides is 1. The van der Waals surface area contributed by atoms with Crippen LogP contribution >= 0.6 is 0 Å². The van der Waals surface area contributed by atoms with Gasteiger partial charge in [0.2, 0.25) is 0 Å². The molecule has 0 spiro atoms. The Kier molecular flexibility index (Phi) is 5.21. The summed E-state index contributed by atoms with van der Waals surface area (Å²) in [7, 11) is 0. The topological polar surface area (TPSA) is 42.4 Å². The normalized spacial score (nSPS) is 19.4. The number of ether oxygens (including phenoxy) is 1. The summed E-state index contributed by atoms with van der Waals surface area (Å²) in [4.78, 5) is 18.3. The molecule has 1 amide bonds. The molecule has 0 saturated carbocycles. The van der Waals surface area contributed by atoms with Gasteiger partial charge in [-0.05, 0) is 70.6 Å². The Hall–Kier alpha value is -1.58. The average molecular weight is 290 g/mol. The highest BCUT2D eigenvalue weighted by Crippen LogP contribution is 2.23. The number of carbonyl (C=O) groups excluding carboxylic acids is 1. The average Bonchev–Trinajstić information content (AvgIpc) is 2.45. The number of piperidine rings is 1. The Morgan fingerprint density at radius 3 is 2.71 bits per heavy atom. The number of nitrogens with zero attached hydrogens (tertiary/aromatic N) is 2. The summed E-state index contributed by atoms with van der Waals surface area (Å²) in [6.45, 7) is 6.57. The minimum Gasteiger partial charge on any atom is -0.444 e. The standard InChI is InChI=1S/C17H26N2O2/c1-17(2,3)21-16(20)19-13-5-4-6-15(19)8-7-14-9-11-18-12-10-14/h9-12,15H,4-8,13H2,1-3H3. The van der Waals surface area contributed by atoms with E-state index in [1.807, 2.05) is 50.2 Å². The van der Waals surface area contributed by atoms with Crippen molar-refractivity contribution in [2.45, 2.75) is 64.5 Å². The highest BCUT2D eigenvalue weighted by Gasteiger charge is 2.30. The predicted octanol–water partition coefficient (Wildman–Crippen LogP) is 3.80. The summed E-state index contributed by atoms with van der Waals surface area (Å²) in [6.07, 6.45) is 8.79. The molecule has 0 N–H and O–H groups in total. The first-order chi connectivity index (χ1) is 9.96. The highest BCUT2D eigenvalue weighted by atomic mass is 16.6. The van der Waals surface area contributed by atoms with E-state index in [0.29, 0.717) is 6.04 Å². The SMILES string of the molecule is CC(C)(C)OC(=O)N1CCCCC1CCc1ccncc1. The van der Waals surface area contributed by atoms with Gasteiger partial charge in [0.1, 0.15) is 5.60 Å². The number of rotatable bonds is 3. The van der Waals surface area contributed by atoms with Gasteiger partial charge in [0.05, 0.1) is 0 Å². The first-order valence-corrected chi connectivity index (χ1v) is 7.84. The van der Waals surface area contributed by atoms with Crippen LogP contribution in [0.4, 0.5) is 4.79 Å². The number of likely N-dealkylation sites (tertiary alicyclic amines) is 1. The smallest absolute Gasteiger partial charge is 0.410 e. The molecular weight excluding hydrogens is 264 g/mol. The zero-order valence-electron chi connectivity index (χ0n) is 13.3. The largest absolute Gasteiger partial charge is 0.444 e. The van der Waals surface area contributed by atoms with Gasteiger partial charge in [-0.1, -0.05) is 0 Å². The van der Waals surface area contributed by atoms with Gasteiger partial charge in [0.25, 0.3) is 0 Å². The van der Waals surface area contributed by atoms with Crippen LogP contribution in [0.1, 0.15) is 52.0 Å². The third-order valence-corrected chi connectivity index (χ3v) is 3.77. The maximum atomic E-state index is 12.3. The summed E-state index contributed by atoms with van der Waals surface area (Å²) >= 11 is 0. The molecule has 4 nitrogen and oxygen atoms in total. The van der Waals surface area contributed by atoms with Crippen LogP contribution in [-0.2, 0) is 11.2 Å². The summed E-state index contributed by atoms with van der Waals surface area (Å²) in [5, 5.41) is 0. The molecule has 1 unspecified atom stereocenters. The number of pyridine rings is 1. The van der Waals surface area contributed by atoms with Crippen LogP contribution in [0.15, 0.2) is 24.5 Å². The van der Waals surface area contributed by atoms with E-state index in [-0.39, 0.29) is 6.09 Å². The molecule has 1 atom stereocenters. The van der Waals surface area contributed by atoms with Crippen molar-refractivity contribution in [2.75, 3.05) is 6.54 Å². The minimum absolute atomic E-state index is 0.165. The van der Waals surface area contributed by atoms with E-state index in [1.54, 1.807) is 0 Å². The van der Waals surface area contributed by atoms with Crippen LogP contribution in [-0.4, -0.2) is 34.2 Å². The second-order valence-electron chi connectivity index (χ2n) is 6.72. The lowest BCUT2D eigenvalue weighted by molar-refractivity contribution is 0.00891. The number of hydrogen-bond acceptors (Lipinski definition) is 3. The van der Waals surface area contributed by atoms with Crippen molar-refractivity contribution in [1.82, 2.24) is 9.88 Å². The van der Waals surface area contributed by atoms with Crippen molar-refractivity contribution in [1.29, 1.82) is 0 Å². The van der Waals surface area contributed by atoms with Gasteiger partial charge >= 0.3 is 6.09 Å². The molecule has 2 heterocycles. The van der Waals surface area contributed by atoms with Crippen molar-refractivity contribution >= 4 is 6.09 Å². The van der Waals surface area contributed by atoms with Gasteiger partial charge in [0.15, 0.2) is 0 Å². The predicted molar refractivity (Wildman–Crippen MR) is 83.1 cm³/mol. The first-order valence-electron chi connectivity index (χ1n) is 7.84. The number of aromatic nitrogens is 1. The van der Waals surface area contributed by atoms with E-state index in [0.717, 1.165) is 32.2 Å². The van der Waals surface area contributed by atoms with Gasteiger partial charge in [-0.2, -0.15) is 0 Å². The van der Waals surface area contributed by atoms with Crippen LogP contribution in [0.25, 0.3) is 0 Å². The van der Waals surface area contributed by atoms with Gasteiger partial charge in [0, 0.05) is 25.0 Å². The molecule has 1 saturated heterocycles. The van der Waals surface area contributed by atoms with Gasteiger partial charge in [-0.3, -0.25) is 4.98 Å². The van der Waals surface area contributed by atoms with Crippen molar-refractivity contribution in [3.63, 3.8) is 0 Å². The van der Waals surface area contributed by atoms with E-state index >= 15 is 0 Å². The van der Waals surface area contributed by atoms with Gasteiger partial charge < -0.3 is 9.64 Å². The lowest BCUT2D eigenvalue weighted by Crippen LogP contribution is -2.46. The molecule has 1 aliphatic rings. The van der Waals surface area contributed by atoms with Gasteiger partial charge in [-0.15, -0.1) is 0 Å². The third kappa shape index (κ3) is 5.03. The lowest BCUT2D eigenvalue weighted by atomic mass is 9.96. The lowest BCUT2D eigenvalue weighted by Gasteiger charge is -2.36. The molecule has 0 aliphatic carbocycles. The highest BCUT2D eigenvalue weighted by molar-refractivity contribution is 5.68. The fourth-order valence-electron chi connectivity index (χ4n) is 2.74. The molecular formula is C17H26N2O2. The van der Waals surface area contributed by atoms with Crippen LogP contribution in [0, 0.1) is 0 Å². The van der Waals surface area contributed by atoms with E-state index in [2.05, 4.69) is 4.98 Å². The Labute approximate surface area is 127 Å². The third-order valence-electron chi connectivity index (χ3n) is 3.77. The quantitative estimate of drug-likeness (QED) is 0.850. The summed E-state index contributed by atoms with van der Waals surface area (Å²) in [6, 6.07) is 4.38. The Bertz CT molecular complexity index is 454. The van der Waals surface area contributed by atoms with E-state index in [9.17, 15) is 4.79 Å². The van der Waals surface area contributed by atoms with Crippen molar-refractivity contribution in [2.24, 2.45) is 0 Å². The molecule has 21 heavy (non-hydrogen) atoms. The Morgan fingerprint density at radius 1 is 1.33 bits per heavy atom. The van der Waals surface area contributed by atoms with Crippen LogP contribution in [0.3, 0.4) is 0 Å². The molecule has 116 valence electrons. The molecule has 1 aliphatic heterocycles. The number of carbonyl (C=O) groups is 1. The molecule has 1 aromatic rings. The second-order valence-corrected chi connectivity index (χ2v) is 6.72. The molecule has 0 radical (unpaired) electrons. The van der Waals surface area contributed by atoms with Crippen LogP contribution < -0.4 is 0 Å². The maximum Gasteiger partial charge on any atom is 0.410 e. The molecule has 0 bridgehead atoms. The molecule has 4 heteroatoms. The second kappa shape index (κ2) is 6.92. The van der Waals surface area contributed by atoms with Crippen molar-refractivity contribution in [3.8, 4) is 0 Å². The van der Waals surface area contributed by atoms with Crippen LogP contribution in [0.2, 0.25) is 0 Å². The van der Waals surface area contributed by atoms with Crippen molar-refractivity contribution in [3.05, 3.63) is 30.1 Å². The molecule has 2 rings (SSSR count). The van der Waals surface area contributed by atoms with Gasteiger partial charge in [-0.25, -0.2) is 4.79 Å². The molecule has 1 fully saturated rings. The Balaban J connectivity index is 1.94. The minimum atomic E-state index is -0.426. The molecule has 1 aromatic heterocycles. The van der Waals surface area contributed by atoms with Crippen molar-refractivity contribution < 1.29 is 9.53 Å². The number of hydrogen-bond donors (Lipinski definition) is 0. The zero-order chi connectivity index (χ0) is 15.3. The van der Waals surface area contributed by atoms with E-state index in [1.165, 1.54) is 12.0 Å².